The number of carbonyl (C=O) groups is 1. The molecule has 0 saturated carbocycles. The number of rotatable bonds is 3. The van der Waals surface area contributed by atoms with Crippen molar-refractivity contribution in [3.8, 4) is 5.75 Å². The molecule has 0 amide bonds. The van der Waals surface area contributed by atoms with Gasteiger partial charge < -0.3 is 4.74 Å². The average molecular weight is 393 g/mol. The van der Waals surface area contributed by atoms with Crippen LogP contribution >= 0.6 is 11.8 Å². The Balaban J connectivity index is 1.96. The molecule has 2 aromatic carbocycles. The molecule has 0 unspecified atom stereocenters. The van der Waals surface area contributed by atoms with Gasteiger partial charge in [-0.3, -0.25) is 4.79 Å². The maximum absolute atomic E-state index is 13.1. The Labute approximate surface area is 172 Å². The molecule has 28 heavy (non-hydrogen) atoms. The minimum atomic E-state index is 0.171. The molecule has 0 radical (unpaired) electrons. The summed E-state index contributed by atoms with van der Waals surface area (Å²) in [5.41, 5.74) is 10.1. The van der Waals surface area contributed by atoms with E-state index in [0.717, 1.165) is 50.7 Å². The molecule has 146 valence electrons. The Bertz CT molecular complexity index is 996. The largest absolute Gasteiger partial charge is 0.496 e. The minimum Gasteiger partial charge on any atom is -0.496 e. The first-order valence-corrected chi connectivity index (χ1v) is 10.7. The molecule has 0 aliphatic carbocycles. The fourth-order valence-electron chi connectivity index (χ4n) is 3.53. The third-order valence-electron chi connectivity index (χ3n) is 5.86. The molecule has 3 rings (SSSR count). The number of thioether (sulfide) groups is 1. The summed E-state index contributed by atoms with van der Waals surface area (Å²) >= 11 is 1.80. The normalized spacial score (nSPS) is 17.4. The number of methoxy groups -OCH3 is 1. The summed E-state index contributed by atoms with van der Waals surface area (Å²) in [4.78, 5) is 13.1. The van der Waals surface area contributed by atoms with Crippen LogP contribution in [0.2, 0.25) is 0 Å². The number of ketones is 1. The van der Waals surface area contributed by atoms with Crippen LogP contribution in [0.4, 0.5) is 0 Å². The van der Waals surface area contributed by atoms with E-state index in [2.05, 4.69) is 58.9 Å². The molecule has 2 nitrogen and oxygen atoms in total. The van der Waals surface area contributed by atoms with Gasteiger partial charge in [0.1, 0.15) is 5.75 Å². The van der Waals surface area contributed by atoms with Crippen molar-refractivity contribution in [1.82, 2.24) is 0 Å². The lowest BCUT2D eigenvalue weighted by atomic mass is 9.94. The van der Waals surface area contributed by atoms with Gasteiger partial charge in [0.15, 0.2) is 5.78 Å². The van der Waals surface area contributed by atoms with Crippen LogP contribution in [0.25, 0.3) is 12.2 Å². The summed E-state index contributed by atoms with van der Waals surface area (Å²) in [5, 5.41) is 0. The van der Waals surface area contributed by atoms with Crippen LogP contribution in [0.5, 0.6) is 5.75 Å². The molecule has 1 aliphatic heterocycles. The lowest BCUT2D eigenvalue weighted by Crippen LogP contribution is -2.16. The predicted molar refractivity (Wildman–Crippen MR) is 121 cm³/mol. The minimum absolute atomic E-state index is 0.171. The molecule has 0 bridgehead atoms. The van der Waals surface area contributed by atoms with Gasteiger partial charge in [-0.1, -0.05) is 18.2 Å². The Morgan fingerprint density at radius 1 is 0.786 bits per heavy atom. The van der Waals surface area contributed by atoms with Gasteiger partial charge in [-0.25, -0.2) is 0 Å². The maximum Gasteiger partial charge on any atom is 0.186 e. The molecule has 1 aliphatic rings. The lowest BCUT2D eigenvalue weighted by Gasteiger charge is -2.18. The summed E-state index contributed by atoms with van der Waals surface area (Å²) in [5.74, 6) is 2.58. The summed E-state index contributed by atoms with van der Waals surface area (Å²) < 4.78 is 5.40. The van der Waals surface area contributed by atoms with E-state index in [4.69, 9.17) is 4.74 Å². The third kappa shape index (κ3) is 3.95. The van der Waals surface area contributed by atoms with E-state index in [1.54, 1.807) is 18.9 Å². The molecule has 0 aromatic heterocycles. The Morgan fingerprint density at radius 2 is 1.32 bits per heavy atom. The number of ether oxygens (including phenoxy) is 1. The third-order valence-corrected chi connectivity index (χ3v) is 6.89. The quantitative estimate of drug-likeness (QED) is 0.598. The highest BCUT2D eigenvalue weighted by Crippen LogP contribution is 2.30. The van der Waals surface area contributed by atoms with Crippen LogP contribution in [0.15, 0.2) is 35.4 Å². The highest BCUT2D eigenvalue weighted by molar-refractivity contribution is 7.99. The first-order chi connectivity index (χ1) is 13.3. The molecule has 1 fully saturated rings. The van der Waals surface area contributed by atoms with E-state index in [1.165, 1.54) is 16.7 Å². The number of benzene rings is 2. The van der Waals surface area contributed by atoms with Crippen molar-refractivity contribution in [3.05, 3.63) is 74.4 Å². The zero-order chi connectivity index (χ0) is 20.4. The van der Waals surface area contributed by atoms with Crippen LogP contribution in [0.3, 0.4) is 0 Å². The summed E-state index contributed by atoms with van der Waals surface area (Å²) in [6.45, 7) is 10.5. The van der Waals surface area contributed by atoms with Gasteiger partial charge in [0.2, 0.25) is 0 Å². The van der Waals surface area contributed by atoms with Crippen LogP contribution in [0.1, 0.15) is 38.9 Å². The number of aryl methyl sites for hydroxylation is 1. The Morgan fingerprint density at radius 3 is 1.89 bits per heavy atom. The second-order valence-corrected chi connectivity index (χ2v) is 8.48. The van der Waals surface area contributed by atoms with Crippen LogP contribution in [-0.4, -0.2) is 24.4 Å². The molecular weight excluding hydrogens is 364 g/mol. The number of hydrogen-bond acceptors (Lipinski definition) is 3. The average Bonchev–Trinajstić information content (AvgIpc) is 2.69. The van der Waals surface area contributed by atoms with Gasteiger partial charge in [0.25, 0.3) is 0 Å². The summed E-state index contributed by atoms with van der Waals surface area (Å²) in [6, 6.07) is 8.27. The van der Waals surface area contributed by atoms with Crippen molar-refractivity contribution in [2.24, 2.45) is 0 Å². The molecule has 1 saturated heterocycles. The van der Waals surface area contributed by atoms with E-state index in [0.29, 0.717) is 0 Å². The second kappa shape index (κ2) is 8.40. The zero-order valence-corrected chi connectivity index (χ0v) is 18.4. The van der Waals surface area contributed by atoms with Gasteiger partial charge in [-0.15, -0.1) is 0 Å². The standard InChI is InChI=1S/C25H28O2S/c1-15-7-8-20(17(3)16(15)2)11-22-13-28-14-23(25(22)26)12-21-9-10-24(27-6)19(5)18(21)4/h7-12H,13-14H2,1-6H3/b22-11+,23-12+. The monoisotopic (exact) mass is 392 g/mol. The predicted octanol–water partition coefficient (Wildman–Crippen LogP) is 6.02. The number of carbonyl (C=O) groups excluding carboxylic acids is 1. The van der Waals surface area contributed by atoms with E-state index in [1.807, 2.05) is 12.1 Å². The molecule has 0 spiro atoms. The van der Waals surface area contributed by atoms with Crippen LogP contribution in [-0.2, 0) is 4.79 Å². The van der Waals surface area contributed by atoms with E-state index in [9.17, 15) is 4.79 Å². The summed E-state index contributed by atoms with van der Waals surface area (Å²) in [6.07, 6.45) is 4.13. The van der Waals surface area contributed by atoms with Crippen LogP contribution in [0, 0.1) is 34.6 Å². The number of hydrogen-bond donors (Lipinski definition) is 0. The van der Waals surface area contributed by atoms with Gasteiger partial charge >= 0.3 is 0 Å². The van der Waals surface area contributed by atoms with Crippen molar-refractivity contribution in [3.63, 3.8) is 0 Å². The first kappa shape index (κ1) is 20.5. The van der Waals surface area contributed by atoms with Crippen molar-refractivity contribution < 1.29 is 9.53 Å². The van der Waals surface area contributed by atoms with Gasteiger partial charge in [0.05, 0.1) is 7.11 Å². The topological polar surface area (TPSA) is 26.3 Å². The molecule has 0 atom stereocenters. The van der Waals surface area contributed by atoms with Crippen molar-refractivity contribution in [2.75, 3.05) is 18.6 Å². The molecule has 3 heteroatoms. The molecule has 1 heterocycles. The zero-order valence-electron chi connectivity index (χ0n) is 17.6. The molecular formula is C25H28O2S. The first-order valence-electron chi connectivity index (χ1n) is 9.58. The van der Waals surface area contributed by atoms with Crippen molar-refractivity contribution in [2.45, 2.75) is 34.6 Å². The van der Waals surface area contributed by atoms with Gasteiger partial charge in [0, 0.05) is 22.7 Å². The highest BCUT2D eigenvalue weighted by atomic mass is 32.2. The second-order valence-electron chi connectivity index (χ2n) is 7.49. The van der Waals surface area contributed by atoms with Crippen LogP contribution < -0.4 is 4.74 Å². The Hall–Kier alpha value is -2.26. The molecule has 0 N–H and O–H groups in total. The van der Waals surface area contributed by atoms with Gasteiger partial charge in [-0.2, -0.15) is 11.8 Å². The fraction of sp³-hybridized carbons (Fsp3) is 0.320. The number of Topliss-reactive ketones (excluding diaryl/α,β-unsaturated/α-hetero) is 1. The molecule has 2 aromatic rings. The SMILES string of the molecule is COc1ccc(/C=C2\CSC/C(=C\c3ccc(C)c(C)c3C)C2=O)c(C)c1C. The Kier molecular flexibility index (Phi) is 6.14. The van der Waals surface area contributed by atoms with E-state index in [-0.39, 0.29) is 5.78 Å². The van der Waals surface area contributed by atoms with Gasteiger partial charge in [-0.05, 0) is 91.8 Å². The van der Waals surface area contributed by atoms with E-state index < -0.39 is 0 Å². The summed E-state index contributed by atoms with van der Waals surface area (Å²) in [7, 11) is 1.69. The van der Waals surface area contributed by atoms with E-state index >= 15 is 0 Å². The smallest absolute Gasteiger partial charge is 0.186 e. The fourth-order valence-corrected chi connectivity index (χ4v) is 4.50. The maximum atomic E-state index is 13.1. The highest BCUT2D eigenvalue weighted by Gasteiger charge is 2.22. The van der Waals surface area contributed by atoms with Crippen molar-refractivity contribution in [1.29, 1.82) is 0 Å². The lowest BCUT2D eigenvalue weighted by molar-refractivity contribution is -0.112. The van der Waals surface area contributed by atoms with Crippen molar-refractivity contribution >= 4 is 29.7 Å².